The van der Waals surface area contributed by atoms with E-state index in [0.29, 0.717) is 19.2 Å². The van der Waals surface area contributed by atoms with Crippen molar-refractivity contribution in [1.29, 1.82) is 0 Å². The van der Waals surface area contributed by atoms with Gasteiger partial charge in [-0.25, -0.2) is 18.7 Å². The number of primary amides is 1. The second-order valence-corrected chi connectivity index (χ2v) is 9.23. The summed E-state index contributed by atoms with van der Waals surface area (Å²) >= 11 is 0. The molecule has 4 N–H and O–H groups in total. The van der Waals surface area contributed by atoms with Crippen LogP contribution >= 0.6 is 0 Å². The number of hydrogen-bond donors (Lipinski definition) is 3. The second-order valence-electron chi connectivity index (χ2n) is 9.23. The Morgan fingerprint density at radius 3 is 2.62 bits per heavy atom. The number of rotatable bonds is 7. The molecule has 0 aromatic carbocycles. The highest BCUT2D eigenvalue weighted by atomic mass is 19.4. The third-order valence-corrected chi connectivity index (χ3v) is 6.48. The summed E-state index contributed by atoms with van der Waals surface area (Å²) in [7, 11) is 0. The van der Waals surface area contributed by atoms with Crippen molar-refractivity contribution in [2.45, 2.75) is 37.1 Å². The van der Waals surface area contributed by atoms with E-state index in [2.05, 4.69) is 20.3 Å². The predicted octanol–water partition coefficient (Wildman–Crippen LogP) is 2.20. The van der Waals surface area contributed by atoms with E-state index in [9.17, 15) is 31.9 Å². The Hall–Kier alpha value is -3.20. The molecule has 1 amide bonds. The van der Waals surface area contributed by atoms with Gasteiger partial charge in [0, 0.05) is 31.6 Å². The van der Waals surface area contributed by atoms with Gasteiger partial charge in [0.15, 0.2) is 11.6 Å². The number of carbonyl (C=O) groups is 1. The Balaban J connectivity index is 1.50. The lowest BCUT2D eigenvalue weighted by Gasteiger charge is -2.35. The van der Waals surface area contributed by atoms with Crippen molar-refractivity contribution in [2.75, 3.05) is 42.9 Å². The number of alkyl halides is 5. The molecule has 2 saturated heterocycles. The minimum absolute atomic E-state index is 0.0104. The lowest BCUT2D eigenvalue weighted by Crippen LogP contribution is -2.48. The first kappa shape index (κ1) is 26.9. The maximum Gasteiger partial charge on any atom is 0.417 e. The maximum absolute atomic E-state index is 15.4. The average molecular weight is 533 g/mol. The molecular weight excluding hydrogens is 508 g/mol. The fourth-order valence-electron chi connectivity index (χ4n) is 4.63. The number of hydrogen-bond acceptors (Lipinski definition) is 8. The van der Waals surface area contributed by atoms with E-state index in [1.165, 1.54) is 0 Å². The second kappa shape index (κ2) is 10.3. The van der Waals surface area contributed by atoms with Gasteiger partial charge in [-0.3, -0.25) is 14.7 Å². The molecule has 0 radical (unpaired) electrons. The fourth-order valence-corrected chi connectivity index (χ4v) is 4.63. The van der Waals surface area contributed by atoms with Gasteiger partial charge in [0.2, 0.25) is 11.7 Å². The number of anilines is 2. The van der Waals surface area contributed by atoms with Crippen molar-refractivity contribution in [3.05, 3.63) is 41.7 Å². The van der Waals surface area contributed by atoms with Crippen LogP contribution < -0.4 is 16.0 Å². The number of β-amino-alcohol motifs (C(OH)–C–C–N with tert-alkyl or cyclic N) is 1. The van der Waals surface area contributed by atoms with Crippen LogP contribution in [0, 0.1) is 11.7 Å². The number of amides is 1. The zero-order chi connectivity index (χ0) is 27.0. The van der Waals surface area contributed by atoms with Gasteiger partial charge in [0.05, 0.1) is 36.5 Å². The first-order valence-corrected chi connectivity index (χ1v) is 11.4. The summed E-state index contributed by atoms with van der Waals surface area (Å²) < 4.78 is 82.8. The van der Waals surface area contributed by atoms with Gasteiger partial charge < -0.3 is 21.1 Å². The largest absolute Gasteiger partial charge is 0.417 e. The van der Waals surface area contributed by atoms with Gasteiger partial charge in [0.25, 0.3) is 5.92 Å². The Bertz CT molecular complexity index is 1120. The standard InChI is InChI=1S/C22H25F6N7O2/c23-18-19(31-6-12-3-4-34(8-16(12)36)9-17(29)37)32-11-33-20(18)35-10-21(24,25)5-15(35)14-2-1-13(7-30-14)22(26,27)28/h1-2,7,11-12,15-16,36H,3-6,8-10H2,(H2,29,37)(H,31,32,33). The van der Waals surface area contributed by atoms with E-state index in [1.54, 1.807) is 4.90 Å². The zero-order valence-electron chi connectivity index (χ0n) is 19.4. The van der Waals surface area contributed by atoms with E-state index >= 15 is 4.39 Å². The molecule has 2 aromatic heterocycles. The first-order valence-electron chi connectivity index (χ1n) is 11.4. The van der Waals surface area contributed by atoms with Crippen molar-refractivity contribution in [2.24, 2.45) is 11.7 Å². The number of nitrogens with two attached hydrogens (primary N) is 1. The smallest absolute Gasteiger partial charge is 0.391 e. The van der Waals surface area contributed by atoms with Crippen molar-refractivity contribution >= 4 is 17.5 Å². The molecule has 0 saturated carbocycles. The maximum atomic E-state index is 15.4. The summed E-state index contributed by atoms with van der Waals surface area (Å²) in [5, 5.41) is 13.2. The van der Waals surface area contributed by atoms with Gasteiger partial charge in [-0.15, -0.1) is 0 Å². The van der Waals surface area contributed by atoms with Crippen molar-refractivity contribution in [3.8, 4) is 0 Å². The normalized spacial score (nSPS) is 24.3. The molecule has 9 nitrogen and oxygen atoms in total. The minimum Gasteiger partial charge on any atom is -0.391 e. The number of aliphatic hydroxyl groups is 1. The highest BCUT2D eigenvalue weighted by Crippen LogP contribution is 2.44. The van der Waals surface area contributed by atoms with Crippen LogP contribution in [0.3, 0.4) is 0 Å². The SMILES string of the molecule is NC(=O)CN1CCC(CNc2ncnc(N3CC(F)(F)CC3c3ccc(C(F)(F)F)cn3)c2F)C(O)C1. The highest BCUT2D eigenvalue weighted by Gasteiger charge is 2.48. The molecule has 0 aliphatic carbocycles. The molecule has 3 atom stereocenters. The van der Waals surface area contributed by atoms with Gasteiger partial charge in [-0.2, -0.15) is 17.6 Å². The summed E-state index contributed by atoms with van der Waals surface area (Å²) in [6.45, 7) is -0.0910. The molecule has 3 unspecified atom stereocenters. The lowest BCUT2D eigenvalue weighted by molar-refractivity contribution is -0.137. The molecule has 2 aliphatic heterocycles. The number of likely N-dealkylation sites (tertiary alicyclic amines) is 1. The van der Waals surface area contributed by atoms with E-state index in [1.807, 2.05) is 0 Å². The molecule has 2 fully saturated rings. The summed E-state index contributed by atoms with van der Waals surface area (Å²) in [5.74, 6) is -5.82. The first-order chi connectivity index (χ1) is 17.3. The van der Waals surface area contributed by atoms with Crippen molar-refractivity contribution in [1.82, 2.24) is 19.9 Å². The summed E-state index contributed by atoms with van der Waals surface area (Å²) in [4.78, 5) is 25.1. The third-order valence-electron chi connectivity index (χ3n) is 6.48. The van der Waals surface area contributed by atoms with E-state index < -0.39 is 60.3 Å². The summed E-state index contributed by atoms with van der Waals surface area (Å²) in [6, 6.07) is 0.512. The molecule has 0 spiro atoms. The van der Waals surface area contributed by atoms with Crippen LogP contribution in [0.2, 0.25) is 0 Å². The Labute approximate surface area is 207 Å². The number of nitrogens with one attached hydrogen (secondary N) is 1. The Morgan fingerprint density at radius 2 is 2.00 bits per heavy atom. The Kier molecular flexibility index (Phi) is 7.46. The predicted molar refractivity (Wildman–Crippen MR) is 119 cm³/mol. The average Bonchev–Trinajstić information content (AvgIpc) is 3.13. The van der Waals surface area contributed by atoms with Crippen molar-refractivity contribution < 1.29 is 36.2 Å². The molecule has 2 aromatic rings. The summed E-state index contributed by atoms with van der Waals surface area (Å²) in [5.41, 5.74) is 4.07. The van der Waals surface area contributed by atoms with Crippen LogP contribution in [0.1, 0.15) is 30.1 Å². The van der Waals surface area contributed by atoms with Crippen LogP contribution in [0.4, 0.5) is 38.0 Å². The quantitative estimate of drug-likeness (QED) is 0.464. The van der Waals surface area contributed by atoms with Crippen LogP contribution in [0.25, 0.3) is 0 Å². The lowest BCUT2D eigenvalue weighted by atomic mass is 9.93. The van der Waals surface area contributed by atoms with Gasteiger partial charge in [-0.1, -0.05) is 0 Å². The molecule has 2 aliphatic rings. The van der Waals surface area contributed by atoms with E-state index in [0.717, 1.165) is 23.4 Å². The topological polar surface area (TPSA) is 120 Å². The van der Waals surface area contributed by atoms with Crippen molar-refractivity contribution in [3.63, 3.8) is 0 Å². The van der Waals surface area contributed by atoms with Crippen LogP contribution in [0.5, 0.6) is 0 Å². The molecule has 0 bridgehead atoms. The third kappa shape index (κ3) is 6.21. The number of nitrogens with zero attached hydrogens (tertiary/aromatic N) is 5. The minimum atomic E-state index is -4.64. The molecular formula is C22H25F6N7O2. The number of carbonyl (C=O) groups excluding carboxylic acids is 1. The van der Waals surface area contributed by atoms with Gasteiger partial charge in [0.1, 0.15) is 6.33 Å². The number of piperidine rings is 1. The Morgan fingerprint density at radius 1 is 1.24 bits per heavy atom. The molecule has 15 heteroatoms. The molecule has 202 valence electrons. The molecule has 37 heavy (non-hydrogen) atoms. The van der Waals surface area contributed by atoms with Crippen LogP contribution in [-0.4, -0.2) is 75.6 Å². The highest BCUT2D eigenvalue weighted by molar-refractivity contribution is 5.75. The van der Waals surface area contributed by atoms with E-state index in [-0.39, 0.29) is 37.1 Å². The van der Waals surface area contributed by atoms with Gasteiger partial charge >= 0.3 is 6.18 Å². The fraction of sp³-hybridized carbons (Fsp3) is 0.545. The van der Waals surface area contributed by atoms with Crippen LogP contribution in [-0.2, 0) is 11.0 Å². The number of halogens is 6. The number of pyridine rings is 1. The zero-order valence-corrected chi connectivity index (χ0v) is 19.4. The van der Waals surface area contributed by atoms with Gasteiger partial charge in [-0.05, 0) is 25.1 Å². The van der Waals surface area contributed by atoms with E-state index in [4.69, 9.17) is 5.73 Å². The molecule has 4 rings (SSSR count). The number of aliphatic hydroxyl groups excluding tert-OH is 1. The number of aromatic nitrogens is 3. The summed E-state index contributed by atoms with van der Waals surface area (Å²) in [6.07, 6.45) is -4.23. The van der Waals surface area contributed by atoms with Crippen LogP contribution in [0.15, 0.2) is 24.7 Å². The monoisotopic (exact) mass is 533 g/mol. The molecule has 4 heterocycles.